The number of nitrogens with one attached hydrogen (secondary N) is 1. The van der Waals surface area contributed by atoms with E-state index >= 15 is 0 Å². The van der Waals surface area contributed by atoms with E-state index in [-0.39, 0.29) is 0 Å². The van der Waals surface area contributed by atoms with Crippen LogP contribution in [0.2, 0.25) is 0 Å². The second kappa shape index (κ2) is 4.87. The van der Waals surface area contributed by atoms with Crippen molar-refractivity contribution in [3.8, 4) is 0 Å². The molecule has 0 saturated heterocycles. The van der Waals surface area contributed by atoms with E-state index < -0.39 is 0 Å². The molecule has 1 aliphatic rings. The van der Waals surface area contributed by atoms with Crippen LogP contribution in [0.4, 0.5) is 5.95 Å². The minimum absolute atomic E-state index is 0.720. The van der Waals surface area contributed by atoms with Crippen molar-refractivity contribution in [1.82, 2.24) is 14.9 Å². The Kier molecular flexibility index (Phi) is 3.49. The van der Waals surface area contributed by atoms with Crippen molar-refractivity contribution in [2.45, 2.75) is 38.3 Å². The molecule has 1 saturated carbocycles. The number of aromatic nitrogens is 2. The van der Waals surface area contributed by atoms with Crippen LogP contribution in [0.25, 0.3) is 0 Å². The van der Waals surface area contributed by atoms with E-state index in [1.165, 1.54) is 31.4 Å². The third-order valence-corrected chi connectivity index (χ3v) is 3.39. The Morgan fingerprint density at radius 3 is 2.69 bits per heavy atom. The molecule has 1 heterocycles. The van der Waals surface area contributed by atoms with Crippen molar-refractivity contribution < 1.29 is 0 Å². The molecule has 16 heavy (non-hydrogen) atoms. The maximum absolute atomic E-state index is 4.41. The largest absolute Gasteiger partial charge is 0.348 e. The first-order chi connectivity index (χ1) is 7.68. The van der Waals surface area contributed by atoms with Crippen molar-refractivity contribution in [1.29, 1.82) is 0 Å². The fraction of sp³-hybridized carbons (Fsp3) is 0.750. The Morgan fingerprint density at radius 1 is 1.44 bits per heavy atom. The normalized spacial score (nSPS) is 16.9. The molecule has 90 valence electrons. The van der Waals surface area contributed by atoms with Gasteiger partial charge in [0.1, 0.15) is 0 Å². The third-order valence-electron chi connectivity index (χ3n) is 3.39. The van der Waals surface area contributed by atoms with Crippen LogP contribution >= 0.6 is 0 Å². The summed E-state index contributed by atoms with van der Waals surface area (Å²) in [7, 11) is 6.13. The van der Waals surface area contributed by atoms with E-state index in [9.17, 15) is 0 Å². The first kappa shape index (κ1) is 11.5. The zero-order valence-electron chi connectivity index (χ0n) is 10.5. The van der Waals surface area contributed by atoms with Crippen LogP contribution in [-0.2, 0) is 13.6 Å². The summed E-state index contributed by atoms with van der Waals surface area (Å²) in [5, 5.41) is 3.61. The van der Waals surface area contributed by atoms with Crippen molar-refractivity contribution in [3.05, 3.63) is 11.9 Å². The van der Waals surface area contributed by atoms with Gasteiger partial charge >= 0.3 is 0 Å². The highest BCUT2D eigenvalue weighted by Crippen LogP contribution is 2.18. The standard InChI is InChI=1S/C12H22N4/c1-15(2)12-14-9-11(16(12)3)8-13-10-6-4-5-7-10/h9-10,13H,4-8H2,1-3H3. The zero-order chi connectivity index (χ0) is 11.5. The predicted molar refractivity (Wildman–Crippen MR) is 66.6 cm³/mol. The second-order valence-electron chi connectivity index (χ2n) is 4.87. The summed E-state index contributed by atoms with van der Waals surface area (Å²) in [6, 6.07) is 0.720. The topological polar surface area (TPSA) is 33.1 Å². The van der Waals surface area contributed by atoms with Crippen LogP contribution in [0, 0.1) is 0 Å². The van der Waals surface area contributed by atoms with Crippen LogP contribution in [0.15, 0.2) is 6.20 Å². The summed E-state index contributed by atoms with van der Waals surface area (Å²) in [6.45, 7) is 0.933. The maximum atomic E-state index is 4.41. The SMILES string of the molecule is CN(C)c1ncc(CNC2CCCC2)n1C. The van der Waals surface area contributed by atoms with Gasteiger partial charge in [0.05, 0.1) is 11.9 Å². The van der Waals surface area contributed by atoms with E-state index in [1.54, 1.807) is 0 Å². The molecule has 4 nitrogen and oxygen atoms in total. The van der Waals surface area contributed by atoms with Gasteiger partial charge in [-0.25, -0.2) is 4.98 Å². The smallest absolute Gasteiger partial charge is 0.204 e. The molecule has 1 aromatic heterocycles. The molecule has 1 aliphatic carbocycles. The number of hydrogen-bond donors (Lipinski definition) is 1. The molecular formula is C12H22N4. The van der Waals surface area contributed by atoms with Crippen molar-refractivity contribution in [3.63, 3.8) is 0 Å². The van der Waals surface area contributed by atoms with E-state index in [1.807, 2.05) is 25.2 Å². The number of hydrogen-bond acceptors (Lipinski definition) is 3. The Labute approximate surface area is 97.7 Å². The maximum Gasteiger partial charge on any atom is 0.204 e. The molecule has 0 bridgehead atoms. The molecule has 2 rings (SSSR count). The van der Waals surface area contributed by atoms with Crippen LogP contribution < -0.4 is 10.2 Å². The van der Waals surface area contributed by atoms with Crippen LogP contribution in [0.5, 0.6) is 0 Å². The lowest BCUT2D eigenvalue weighted by atomic mass is 10.2. The summed E-state index contributed by atoms with van der Waals surface area (Å²) in [5.41, 5.74) is 1.26. The quantitative estimate of drug-likeness (QED) is 0.838. The van der Waals surface area contributed by atoms with Gasteiger partial charge in [-0.05, 0) is 12.8 Å². The molecular weight excluding hydrogens is 200 g/mol. The summed E-state index contributed by atoms with van der Waals surface area (Å²) >= 11 is 0. The van der Waals surface area contributed by atoms with Crippen molar-refractivity contribution in [2.24, 2.45) is 7.05 Å². The molecule has 0 aromatic carbocycles. The van der Waals surface area contributed by atoms with Crippen molar-refractivity contribution >= 4 is 5.95 Å². The minimum Gasteiger partial charge on any atom is -0.348 e. The van der Waals surface area contributed by atoms with E-state index in [0.717, 1.165) is 18.5 Å². The molecule has 1 N–H and O–H groups in total. The van der Waals surface area contributed by atoms with Crippen molar-refractivity contribution in [2.75, 3.05) is 19.0 Å². The Hall–Kier alpha value is -1.03. The summed E-state index contributed by atoms with van der Waals surface area (Å²) in [4.78, 5) is 6.45. The Balaban J connectivity index is 1.93. The van der Waals surface area contributed by atoms with Crippen LogP contribution in [-0.4, -0.2) is 29.7 Å². The molecule has 0 atom stereocenters. The summed E-state index contributed by atoms with van der Waals surface area (Å²) < 4.78 is 2.15. The lowest BCUT2D eigenvalue weighted by molar-refractivity contribution is 0.513. The third kappa shape index (κ3) is 2.38. The molecule has 0 amide bonds. The minimum atomic E-state index is 0.720. The first-order valence-electron chi connectivity index (χ1n) is 6.10. The van der Waals surface area contributed by atoms with Gasteiger partial charge in [0.25, 0.3) is 0 Å². The number of nitrogens with zero attached hydrogens (tertiary/aromatic N) is 3. The molecule has 0 unspecified atom stereocenters. The van der Waals surface area contributed by atoms with Gasteiger partial charge < -0.3 is 14.8 Å². The lowest BCUT2D eigenvalue weighted by Gasteiger charge is -2.14. The second-order valence-corrected chi connectivity index (χ2v) is 4.87. The monoisotopic (exact) mass is 222 g/mol. The molecule has 1 fully saturated rings. The van der Waals surface area contributed by atoms with Gasteiger partial charge in [0.2, 0.25) is 5.95 Å². The fourth-order valence-electron chi connectivity index (χ4n) is 2.39. The van der Waals surface area contributed by atoms with Gasteiger partial charge in [-0.15, -0.1) is 0 Å². The van der Waals surface area contributed by atoms with Crippen LogP contribution in [0.3, 0.4) is 0 Å². The lowest BCUT2D eigenvalue weighted by Crippen LogP contribution is -2.26. The number of imidazole rings is 1. The van der Waals surface area contributed by atoms with Gasteiger partial charge in [-0.1, -0.05) is 12.8 Å². The van der Waals surface area contributed by atoms with Gasteiger partial charge in [-0.3, -0.25) is 0 Å². The zero-order valence-corrected chi connectivity index (χ0v) is 10.5. The number of rotatable bonds is 4. The molecule has 1 aromatic rings. The summed E-state index contributed by atoms with van der Waals surface area (Å²) in [6.07, 6.45) is 7.39. The Bertz CT molecular complexity index is 337. The molecule has 4 heteroatoms. The highest BCUT2D eigenvalue weighted by molar-refractivity contribution is 5.30. The van der Waals surface area contributed by atoms with Gasteiger partial charge in [0, 0.05) is 33.7 Å². The molecule has 0 aliphatic heterocycles. The Morgan fingerprint density at radius 2 is 2.12 bits per heavy atom. The van der Waals surface area contributed by atoms with E-state index in [4.69, 9.17) is 0 Å². The average molecular weight is 222 g/mol. The molecule has 0 spiro atoms. The highest BCUT2D eigenvalue weighted by Gasteiger charge is 2.15. The average Bonchev–Trinajstić information content (AvgIpc) is 2.84. The first-order valence-corrected chi connectivity index (χ1v) is 6.10. The predicted octanol–water partition coefficient (Wildman–Crippen LogP) is 1.52. The van der Waals surface area contributed by atoms with Gasteiger partial charge in [0.15, 0.2) is 0 Å². The summed E-state index contributed by atoms with van der Waals surface area (Å²) in [5.74, 6) is 1.02. The number of anilines is 1. The van der Waals surface area contributed by atoms with E-state index in [2.05, 4.69) is 21.9 Å². The van der Waals surface area contributed by atoms with Crippen LogP contribution in [0.1, 0.15) is 31.4 Å². The van der Waals surface area contributed by atoms with E-state index in [0.29, 0.717) is 0 Å². The highest BCUT2D eigenvalue weighted by atomic mass is 15.3. The fourth-order valence-corrected chi connectivity index (χ4v) is 2.39. The van der Waals surface area contributed by atoms with Gasteiger partial charge in [-0.2, -0.15) is 0 Å². The molecule has 0 radical (unpaired) electrons.